The van der Waals surface area contributed by atoms with Gasteiger partial charge in [0, 0.05) is 12.0 Å². The van der Waals surface area contributed by atoms with Gasteiger partial charge in [-0.3, -0.25) is 0 Å². The van der Waals surface area contributed by atoms with Crippen LogP contribution in [0.2, 0.25) is 32.7 Å². The Morgan fingerprint density at radius 3 is 2.00 bits per heavy atom. The molecule has 0 radical (unpaired) electrons. The topological polar surface area (TPSA) is 20.2 Å². The van der Waals surface area contributed by atoms with Gasteiger partial charge in [-0.1, -0.05) is 98.3 Å². The molecule has 1 N–H and O–H groups in total. The highest BCUT2D eigenvalue weighted by Crippen LogP contribution is 2.26. The maximum atomic E-state index is 11.8. The van der Waals surface area contributed by atoms with E-state index in [0.29, 0.717) is 6.42 Å². The first-order chi connectivity index (χ1) is 13.1. The molecule has 0 saturated heterocycles. The summed E-state index contributed by atoms with van der Waals surface area (Å²) in [6.07, 6.45) is 2.33. The zero-order chi connectivity index (χ0) is 20.7. The lowest BCUT2D eigenvalue weighted by atomic mass is 10.1. The number of hydrogen-bond donors (Lipinski definition) is 1. The SMILES string of the molecule is C[Si](C)(C)C#CCCC[C@](O)(C#Cc1ccccc1)[Si](C)(C)c1ccccc1. The van der Waals surface area contributed by atoms with Crippen LogP contribution in [0.5, 0.6) is 0 Å². The third kappa shape index (κ3) is 6.25. The molecule has 3 heteroatoms. The molecule has 1 atom stereocenters. The molecule has 0 heterocycles. The summed E-state index contributed by atoms with van der Waals surface area (Å²) < 4.78 is 0. The minimum atomic E-state index is -2.24. The molecule has 28 heavy (non-hydrogen) atoms. The van der Waals surface area contributed by atoms with Crippen molar-refractivity contribution in [1.82, 2.24) is 0 Å². The second kappa shape index (κ2) is 9.44. The molecule has 0 unspecified atom stereocenters. The second-order valence-corrected chi connectivity index (χ2v) is 18.3. The smallest absolute Gasteiger partial charge is 0.132 e. The fourth-order valence-electron chi connectivity index (χ4n) is 3.08. The number of benzene rings is 2. The molecular formula is C25H32OSi2. The van der Waals surface area contributed by atoms with Crippen LogP contribution in [-0.2, 0) is 0 Å². The molecule has 0 amide bonds. The third-order valence-corrected chi connectivity index (χ3v) is 10.2. The standard InChI is InChI=1S/C25H32OSi2/c1-27(2,3)22-14-8-13-20-25(26,21-19-23-15-9-6-10-16-23)28(4,5)24-17-11-7-12-18-24/h6-7,9-12,15-18,26H,8,13,20H2,1-5H3/t25-/m1/s1. The van der Waals surface area contributed by atoms with Gasteiger partial charge in [-0.2, -0.15) is 0 Å². The Bertz CT molecular complexity index is 875. The normalized spacial score (nSPS) is 13.5. The molecule has 0 saturated carbocycles. The van der Waals surface area contributed by atoms with E-state index in [1.54, 1.807) is 0 Å². The zero-order valence-electron chi connectivity index (χ0n) is 17.8. The van der Waals surface area contributed by atoms with Gasteiger partial charge in [0.1, 0.15) is 21.4 Å². The van der Waals surface area contributed by atoms with Crippen LogP contribution in [0.4, 0.5) is 0 Å². The van der Waals surface area contributed by atoms with E-state index in [1.165, 1.54) is 5.19 Å². The predicted octanol–water partition coefficient (Wildman–Crippen LogP) is 4.98. The van der Waals surface area contributed by atoms with Gasteiger partial charge < -0.3 is 5.11 Å². The van der Waals surface area contributed by atoms with Crippen molar-refractivity contribution in [3.8, 4) is 23.3 Å². The molecule has 0 aromatic heterocycles. The van der Waals surface area contributed by atoms with Crippen LogP contribution in [0, 0.1) is 23.3 Å². The summed E-state index contributed by atoms with van der Waals surface area (Å²) in [6.45, 7) is 11.2. The van der Waals surface area contributed by atoms with Crippen LogP contribution in [0.15, 0.2) is 60.7 Å². The maximum Gasteiger partial charge on any atom is 0.132 e. The lowest BCUT2D eigenvalue weighted by Gasteiger charge is -2.38. The van der Waals surface area contributed by atoms with Gasteiger partial charge in [0.25, 0.3) is 0 Å². The maximum absolute atomic E-state index is 11.8. The summed E-state index contributed by atoms with van der Waals surface area (Å²) in [5.41, 5.74) is 4.36. The summed E-state index contributed by atoms with van der Waals surface area (Å²) in [6, 6.07) is 20.3. The van der Waals surface area contributed by atoms with Crippen molar-refractivity contribution >= 4 is 21.3 Å². The van der Waals surface area contributed by atoms with Gasteiger partial charge in [0.2, 0.25) is 0 Å². The molecule has 0 aliphatic heterocycles. The van der Waals surface area contributed by atoms with Gasteiger partial charge in [0.15, 0.2) is 0 Å². The van der Waals surface area contributed by atoms with Gasteiger partial charge in [0.05, 0.1) is 0 Å². The van der Waals surface area contributed by atoms with Crippen molar-refractivity contribution in [1.29, 1.82) is 0 Å². The Hall–Kier alpha value is -2.05. The average Bonchev–Trinajstić information content (AvgIpc) is 2.66. The molecule has 1 nitrogen and oxygen atoms in total. The van der Waals surface area contributed by atoms with Crippen molar-refractivity contribution in [2.45, 2.75) is 57.2 Å². The number of rotatable bonds is 5. The van der Waals surface area contributed by atoms with Crippen LogP contribution in [0.25, 0.3) is 0 Å². The molecular weight excluding hydrogens is 372 g/mol. The monoisotopic (exact) mass is 404 g/mol. The third-order valence-electron chi connectivity index (χ3n) is 5.02. The Morgan fingerprint density at radius 2 is 1.43 bits per heavy atom. The van der Waals surface area contributed by atoms with Crippen LogP contribution in [0.3, 0.4) is 0 Å². The first-order valence-electron chi connectivity index (χ1n) is 10.0. The first kappa shape index (κ1) is 22.2. The summed E-state index contributed by atoms with van der Waals surface area (Å²) in [5.74, 6) is 9.85. The van der Waals surface area contributed by atoms with Crippen molar-refractivity contribution in [3.05, 3.63) is 66.2 Å². The summed E-state index contributed by atoms with van der Waals surface area (Å²) in [7, 11) is -3.59. The summed E-state index contributed by atoms with van der Waals surface area (Å²) in [5, 5.41) is 12.0. The van der Waals surface area contributed by atoms with Crippen molar-refractivity contribution in [2.75, 3.05) is 0 Å². The predicted molar refractivity (Wildman–Crippen MR) is 127 cm³/mol. The number of hydrogen-bond acceptors (Lipinski definition) is 1. The first-order valence-corrected chi connectivity index (χ1v) is 16.5. The molecule has 2 rings (SSSR count). The Labute approximate surface area is 173 Å². The van der Waals surface area contributed by atoms with Crippen molar-refractivity contribution in [3.63, 3.8) is 0 Å². The Kier molecular flexibility index (Phi) is 7.50. The summed E-state index contributed by atoms with van der Waals surface area (Å²) >= 11 is 0. The largest absolute Gasteiger partial charge is 0.381 e. The van der Waals surface area contributed by atoms with Gasteiger partial charge in [-0.05, 0) is 25.0 Å². The molecule has 0 spiro atoms. The van der Waals surface area contributed by atoms with Gasteiger partial charge >= 0.3 is 0 Å². The van der Waals surface area contributed by atoms with Crippen molar-refractivity contribution in [2.24, 2.45) is 0 Å². The minimum Gasteiger partial charge on any atom is -0.381 e. The molecule has 0 fully saturated rings. The number of unbranched alkanes of at least 4 members (excludes halogenated alkanes) is 1. The van der Waals surface area contributed by atoms with E-state index in [2.05, 4.69) is 80.3 Å². The van der Waals surface area contributed by atoms with Gasteiger partial charge in [-0.15, -0.1) is 11.5 Å². The van der Waals surface area contributed by atoms with E-state index in [0.717, 1.165) is 18.4 Å². The fraction of sp³-hybridized carbons (Fsp3) is 0.360. The fourth-order valence-corrected chi connectivity index (χ4v) is 6.42. The Morgan fingerprint density at radius 1 is 0.857 bits per heavy atom. The zero-order valence-corrected chi connectivity index (χ0v) is 19.8. The highest BCUT2D eigenvalue weighted by atomic mass is 28.3. The Balaban J connectivity index is 2.29. The summed E-state index contributed by atoms with van der Waals surface area (Å²) in [4.78, 5) is 0. The molecule has 0 aliphatic rings. The van der Waals surface area contributed by atoms with E-state index in [9.17, 15) is 5.11 Å². The van der Waals surface area contributed by atoms with E-state index in [4.69, 9.17) is 0 Å². The highest BCUT2D eigenvalue weighted by Gasteiger charge is 2.45. The van der Waals surface area contributed by atoms with Gasteiger partial charge in [-0.25, -0.2) is 0 Å². The second-order valence-electron chi connectivity index (χ2n) is 8.87. The molecule has 2 aromatic rings. The quantitative estimate of drug-likeness (QED) is 0.423. The van der Waals surface area contributed by atoms with Crippen LogP contribution in [0.1, 0.15) is 24.8 Å². The lowest BCUT2D eigenvalue weighted by Crippen LogP contribution is -2.61. The molecule has 0 aliphatic carbocycles. The van der Waals surface area contributed by atoms with E-state index >= 15 is 0 Å². The van der Waals surface area contributed by atoms with Crippen LogP contribution in [-0.4, -0.2) is 26.5 Å². The van der Waals surface area contributed by atoms with Crippen LogP contribution < -0.4 is 5.19 Å². The van der Waals surface area contributed by atoms with Crippen molar-refractivity contribution < 1.29 is 5.11 Å². The molecule has 146 valence electrons. The van der Waals surface area contributed by atoms with E-state index < -0.39 is 21.4 Å². The average molecular weight is 405 g/mol. The minimum absolute atomic E-state index is 0.654. The van der Waals surface area contributed by atoms with E-state index in [1.807, 2.05) is 36.4 Å². The molecule has 0 bridgehead atoms. The highest BCUT2D eigenvalue weighted by molar-refractivity contribution is 6.92. The van der Waals surface area contributed by atoms with E-state index in [-0.39, 0.29) is 0 Å². The molecule has 2 aromatic carbocycles. The number of aliphatic hydroxyl groups is 1. The van der Waals surface area contributed by atoms with Crippen LogP contribution >= 0.6 is 0 Å². The lowest BCUT2D eigenvalue weighted by molar-refractivity contribution is 0.164.